The minimum Gasteiger partial charge on any atom is -0.465 e. The van der Waals surface area contributed by atoms with Crippen LogP contribution < -0.4 is 10.2 Å². The molecule has 0 fully saturated rings. The van der Waals surface area contributed by atoms with Crippen LogP contribution in [0.3, 0.4) is 0 Å². The zero-order valence-corrected chi connectivity index (χ0v) is 15.9. The Morgan fingerprint density at radius 2 is 1.73 bits per heavy atom. The summed E-state index contributed by atoms with van der Waals surface area (Å²) in [6.07, 6.45) is 1.02. The number of aryl methyl sites for hydroxylation is 2. The maximum atomic E-state index is 12.4. The number of hydrogen-bond donors (Lipinski definition) is 2. The van der Waals surface area contributed by atoms with E-state index in [4.69, 9.17) is 4.74 Å². The molecular weight excluding hydrogens is 328 g/mol. The SMILES string of the molecule is CCc1ccc(C[NH+](C)CC(=O)Nc2cc(C(=O)OC)ccc2C)cc1. The molecule has 0 radical (unpaired) electrons. The van der Waals surface area contributed by atoms with E-state index in [9.17, 15) is 9.59 Å². The molecule has 2 rings (SSSR count). The van der Waals surface area contributed by atoms with Gasteiger partial charge in [-0.05, 0) is 36.6 Å². The Morgan fingerprint density at radius 3 is 2.35 bits per heavy atom. The van der Waals surface area contributed by atoms with Gasteiger partial charge in [-0.25, -0.2) is 4.79 Å². The van der Waals surface area contributed by atoms with E-state index < -0.39 is 5.97 Å². The fraction of sp³-hybridized carbons (Fsp3) is 0.333. The number of anilines is 1. The molecule has 0 aliphatic rings. The molecule has 0 spiro atoms. The summed E-state index contributed by atoms with van der Waals surface area (Å²) in [6.45, 7) is 5.15. The van der Waals surface area contributed by atoms with Crippen LogP contribution in [-0.4, -0.2) is 32.6 Å². The van der Waals surface area contributed by atoms with Gasteiger partial charge in [-0.3, -0.25) is 4.79 Å². The first-order valence-electron chi connectivity index (χ1n) is 8.80. The second-order valence-corrected chi connectivity index (χ2v) is 6.55. The van der Waals surface area contributed by atoms with Gasteiger partial charge in [0.25, 0.3) is 5.91 Å². The highest BCUT2D eigenvalue weighted by atomic mass is 16.5. The summed E-state index contributed by atoms with van der Waals surface area (Å²) in [7, 11) is 3.33. The number of carbonyl (C=O) groups is 2. The Bertz CT molecular complexity index is 769. The van der Waals surface area contributed by atoms with Crippen molar-refractivity contribution in [3.8, 4) is 0 Å². The summed E-state index contributed by atoms with van der Waals surface area (Å²) in [4.78, 5) is 25.1. The van der Waals surface area contributed by atoms with Crippen molar-refractivity contribution >= 4 is 17.6 Å². The second kappa shape index (κ2) is 9.15. The maximum Gasteiger partial charge on any atom is 0.337 e. The smallest absolute Gasteiger partial charge is 0.337 e. The zero-order chi connectivity index (χ0) is 19.1. The minimum absolute atomic E-state index is 0.0854. The predicted octanol–water partition coefficient (Wildman–Crippen LogP) is 2.00. The van der Waals surface area contributed by atoms with Crippen LogP contribution in [0.5, 0.6) is 0 Å². The van der Waals surface area contributed by atoms with E-state index in [0.29, 0.717) is 17.8 Å². The molecule has 0 aliphatic carbocycles. The predicted molar refractivity (Wildman–Crippen MR) is 102 cm³/mol. The third-order valence-corrected chi connectivity index (χ3v) is 4.33. The number of likely N-dealkylation sites (N-methyl/N-ethyl adjacent to an activating group) is 1. The molecule has 5 nitrogen and oxygen atoms in total. The third-order valence-electron chi connectivity index (χ3n) is 4.33. The molecule has 1 amide bonds. The average Bonchev–Trinajstić information content (AvgIpc) is 2.63. The number of rotatable bonds is 7. The van der Waals surface area contributed by atoms with Crippen molar-refractivity contribution in [3.05, 3.63) is 64.7 Å². The topological polar surface area (TPSA) is 59.8 Å². The lowest BCUT2D eigenvalue weighted by Crippen LogP contribution is -3.08. The Hall–Kier alpha value is -2.66. The quantitative estimate of drug-likeness (QED) is 0.747. The lowest BCUT2D eigenvalue weighted by molar-refractivity contribution is -0.885. The van der Waals surface area contributed by atoms with E-state index in [-0.39, 0.29) is 5.91 Å². The molecular formula is C21H27N2O3+. The van der Waals surface area contributed by atoms with Crippen LogP contribution >= 0.6 is 0 Å². The summed E-state index contributed by atoms with van der Waals surface area (Å²) in [5.41, 5.74) is 4.48. The molecule has 26 heavy (non-hydrogen) atoms. The van der Waals surface area contributed by atoms with Crippen molar-refractivity contribution in [2.24, 2.45) is 0 Å². The first-order chi connectivity index (χ1) is 12.4. The van der Waals surface area contributed by atoms with E-state index in [1.165, 1.54) is 18.2 Å². The van der Waals surface area contributed by atoms with Crippen molar-refractivity contribution in [1.29, 1.82) is 0 Å². The highest BCUT2D eigenvalue weighted by Crippen LogP contribution is 2.17. The number of hydrogen-bond acceptors (Lipinski definition) is 3. The number of quaternary nitrogens is 1. The summed E-state index contributed by atoms with van der Waals surface area (Å²) >= 11 is 0. The number of benzene rings is 2. The molecule has 2 N–H and O–H groups in total. The van der Waals surface area contributed by atoms with E-state index in [1.807, 2.05) is 14.0 Å². The summed E-state index contributed by atoms with van der Waals surface area (Å²) in [5.74, 6) is -0.503. The first-order valence-corrected chi connectivity index (χ1v) is 8.80. The molecule has 5 heteroatoms. The normalized spacial score (nSPS) is 11.7. The number of ether oxygens (including phenoxy) is 1. The van der Waals surface area contributed by atoms with Crippen molar-refractivity contribution in [2.75, 3.05) is 26.0 Å². The second-order valence-electron chi connectivity index (χ2n) is 6.55. The number of nitrogens with one attached hydrogen (secondary N) is 2. The Balaban J connectivity index is 1.96. The monoisotopic (exact) mass is 355 g/mol. The van der Waals surface area contributed by atoms with Crippen LogP contribution in [0.2, 0.25) is 0 Å². The highest BCUT2D eigenvalue weighted by molar-refractivity contribution is 5.95. The molecule has 0 saturated heterocycles. The van der Waals surface area contributed by atoms with Gasteiger partial charge < -0.3 is 15.0 Å². The van der Waals surface area contributed by atoms with Gasteiger partial charge in [-0.15, -0.1) is 0 Å². The van der Waals surface area contributed by atoms with E-state index in [1.54, 1.807) is 18.2 Å². The zero-order valence-electron chi connectivity index (χ0n) is 15.9. The lowest BCUT2D eigenvalue weighted by atomic mass is 10.1. The van der Waals surface area contributed by atoms with Crippen molar-refractivity contribution in [3.63, 3.8) is 0 Å². The molecule has 0 saturated carbocycles. The van der Waals surface area contributed by atoms with Crippen LogP contribution in [0.25, 0.3) is 0 Å². The van der Waals surface area contributed by atoms with Gasteiger partial charge in [0.1, 0.15) is 6.54 Å². The summed E-state index contributed by atoms with van der Waals surface area (Å²) in [6, 6.07) is 13.6. The fourth-order valence-electron chi connectivity index (χ4n) is 2.77. The summed E-state index contributed by atoms with van der Waals surface area (Å²) in [5, 5.41) is 2.90. The van der Waals surface area contributed by atoms with Gasteiger partial charge in [0.15, 0.2) is 6.54 Å². The molecule has 138 valence electrons. The molecule has 1 atom stereocenters. The van der Waals surface area contributed by atoms with E-state index in [0.717, 1.165) is 23.4 Å². The Labute approximate surface area is 155 Å². The first kappa shape index (κ1) is 19.7. The van der Waals surface area contributed by atoms with Crippen LogP contribution in [0.1, 0.15) is 34.0 Å². The Kier molecular flexibility index (Phi) is 6.92. The lowest BCUT2D eigenvalue weighted by Gasteiger charge is -2.15. The fourth-order valence-corrected chi connectivity index (χ4v) is 2.77. The van der Waals surface area contributed by atoms with Gasteiger partial charge in [0.2, 0.25) is 0 Å². The standard InChI is InChI=1S/C21H26N2O3/c1-5-16-7-9-17(10-8-16)13-23(3)14-20(24)22-19-12-18(21(25)26-4)11-6-15(19)2/h6-12H,5,13-14H2,1-4H3,(H,22,24)/p+1. The van der Waals surface area contributed by atoms with E-state index >= 15 is 0 Å². The molecule has 0 aromatic heterocycles. The number of esters is 1. The van der Waals surface area contributed by atoms with Gasteiger partial charge in [0, 0.05) is 11.3 Å². The third kappa shape index (κ3) is 5.43. The van der Waals surface area contributed by atoms with Crippen molar-refractivity contribution in [2.45, 2.75) is 26.8 Å². The number of amides is 1. The number of methoxy groups -OCH3 is 1. The molecule has 0 aliphatic heterocycles. The molecule has 0 bridgehead atoms. The molecule has 2 aromatic rings. The van der Waals surface area contributed by atoms with Gasteiger partial charge >= 0.3 is 5.97 Å². The van der Waals surface area contributed by atoms with Crippen LogP contribution in [0.15, 0.2) is 42.5 Å². The van der Waals surface area contributed by atoms with Crippen LogP contribution in [0.4, 0.5) is 5.69 Å². The van der Waals surface area contributed by atoms with Gasteiger partial charge in [-0.1, -0.05) is 37.3 Å². The van der Waals surface area contributed by atoms with Crippen molar-refractivity contribution in [1.82, 2.24) is 0 Å². The molecule has 2 aromatic carbocycles. The van der Waals surface area contributed by atoms with Crippen LogP contribution in [-0.2, 0) is 22.5 Å². The minimum atomic E-state index is -0.418. The average molecular weight is 355 g/mol. The molecule has 0 heterocycles. The Morgan fingerprint density at radius 1 is 1.08 bits per heavy atom. The van der Waals surface area contributed by atoms with Crippen molar-refractivity contribution < 1.29 is 19.2 Å². The van der Waals surface area contributed by atoms with E-state index in [2.05, 4.69) is 36.5 Å². The summed E-state index contributed by atoms with van der Waals surface area (Å²) < 4.78 is 4.73. The van der Waals surface area contributed by atoms with Gasteiger partial charge in [-0.2, -0.15) is 0 Å². The highest BCUT2D eigenvalue weighted by Gasteiger charge is 2.14. The molecule has 1 unspecified atom stereocenters. The maximum absolute atomic E-state index is 12.4. The van der Waals surface area contributed by atoms with Gasteiger partial charge in [0.05, 0.1) is 19.7 Å². The van der Waals surface area contributed by atoms with Crippen LogP contribution in [0, 0.1) is 6.92 Å². The number of carbonyl (C=O) groups excluding carboxylic acids is 2. The largest absolute Gasteiger partial charge is 0.465 e.